The highest BCUT2D eigenvalue weighted by Crippen LogP contribution is 2.36. The third kappa shape index (κ3) is 4.82. The van der Waals surface area contributed by atoms with Gasteiger partial charge in [-0.25, -0.2) is 0 Å². The lowest BCUT2D eigenvalue weighted by Gasteiger charge is -2.41. The van der Waals surface area contributed by atoms with Crippen LogP contribution in [-0.4, -0.2) is 116 Å². The zero-order valence-electron chi connectivity index (χ0n) is 20.6. The molecule has 210 valence electrons. The molecule has 2 saturated heterocycles. The van der Waals surface area contributed by atoms with Crippen molar-refractivity contribution in [1.29, 1.82) is 0 Å². The third-order valence-corrected chi connectivity index (χ3v) is 7.13. The first kappa shape index (κ1) is 27.6. The number of carbonyl (C=O) groups is 2. The fourth-order valence-corrected chi connectivity index (χ4v) is 4.78. The Morgan fingerprint density at radius 3 is 2.26 bits per heavy atom. The fourth-order valence-electron chi connectivity index (χ4n) is 4.78. The first-order valence-corrected chi connectivity index (χ1v) is 12.2. The molecule has 39 heavy (non-hydrogen) atoms. The largest absolute Gasteiger partial charge is 0.507 e. The van der Waals surface area contributed by atoms with Crippen LogP contribution in [0.2, 0.25) is 0 Å². The van der Waals surface area contributed by atoms with Crippen molar-refractivity contribution in [2.45, 2.75) is 62.2 Å². The lowest BCUT2D eigenvalue weighted by atomic mass is 9.82. The van der Waals surface area contributed by atoms with Crippen molar-refractivity contribution in [1.82, 2.24) is 0 Å². The number of phenolic OH excluding ortho intramolecular Hbond substituents is 1. The average Bonchev–Trinajstić information content (AvgIpc) is 2.92. The molecule has 0 unspecified atom stereocenters. The van der Waals surface area contributed by atoms with Gasteiger partial charge in [-0.2, -0.15) is 0 Å². The molecule has 2 aromatic rings. The summed E-state index contributed by atoms with van der Waals surface area (Å²) in [5, 5.41) is 70.9. The SMILES string of the molecule is Cc1ccc2c(c1O)C(=O)c1ccc(O[C@@H]3O[C@H](CO[C@@H]4OC[C@@H](O)[C@H](O)[C@H]4O)[C@@H](O)[C@H](O)[C@H]3O)cc1C2=O. The highest BCUT2D eigenvalue weighted by molar-refractivity contribution is 6.29. The Balaban J connectivity index is 1.32. The standard InChI is InChI=1S/C26H28O13/c1-9-2-4-12-16(17(9)28)19(30)11-5-3-10(6-13(11)18(12)29)38-26-24(35)22(33)21(32)15(39-26)8-37-25-23(34)20(31)14(27)7-36-25/h2-6,14-15,20-28,31-35H,7-8H2,1H3/t14-,15-,20+,21-,22+,23-,24-,25+,26-/m1/s1. The van der Waals surface area contributed by atoms with Crippen molar-refractivity contribution < 1.29 is 64.3 Å². The van der Waals surface area contributed by atoms with Gasteiger partial charge in [-0.15, -0.1) is 0 Å². The highest BCUT2D eigenvalue weighted by atomic mass is 16.7. The van der Waals surface area contributed by atoms with Crippen LogP contribution in [0.3, 0.4) is 0 Å². The maximum Gasteiger partial charge on any atom is 0.229 e. The van der Waals surface area contributed by atoms with Gasteiger partial charge in [-0.1, -0.05) is 6.07 Å². The van der Waals surface area contributed by atoms with E-state index in [1.165, 1.54) is 30.3 Å². The Morgan fingerprint density at radius 1 is 0.821 bits per heavy atom. The minimum atomic E-state index is -1.74. The van der Waals surface area contributed by atoms with Crippen molar-refractivity contribution in [2.75, 3.05) is 13.2 Å². The van der Waals surface area contributed by atoms with Gasteiger partial charge in [-0.05, 0) is 36.8 Å². The molecule has 0 aromatic heterocycles. The summed E-state index contributed by atoms with van der Waals surface area (Å²) in [6.45, 7) is 0.830. The van der Waals surface area contributed by atoms with E-state index in [4.69, 9.17) is 18.9 Å². The molecular formula is C26H28O13. The number of carbonyl (C=O) groups excluding carboxylic acids is 2. The molecule has 0 radical (unpaired) electrons. The van der Waals surface area contributed by atoms with Crippen LogP contribution >= 0.6 is 0 Å². The van der Waals surface area contributed by atoms with Crippen molar-refractivity contribution in [3.63, 3.8) is 0 Å². The molecule has 0 saturated carbocycles. The van der Waals surface area contributed by atoms with E-state index in [0.29, 0.717) is 5.56 Å². The molecule has 0 spiro atoms. The number of benzene rings is 2. The summed E-state index contributed by atoms with van der Waals surface area (Å²) < 4.78 is 21.8. The Kier molecular flexibility index (Phi) is 7.45. The van der Waals surface area contributed by atoms with Crippen LogP contribution in [0.1, 0.15) is 37.4 Å². The van der Waals surface area contributed by atoms with E-state index in [-0.39, 0.29) is 40.4 Å². The van der Waals surface area contributed by atoms with E-state index in [1.54, 1.807) is 6.92 Å². The summed E-state index contributed by atoms with van der Waals surface area (Å²) in [4.78, 5) is 26.1. The Hall–Kier alpha value is -2.98. The van der Waals surface area contributed by atoms with Gasteiger partial charge < -0.3 is 54.7 Å². The van der Waals surface area contributed by atoms with E-state index >= 15 is 0 Å². The number of fused-ring (bicyclic) bond motifs is 2. The predicted molar refractivity (Wildman–Crippen MR) is 127 cm³/mol. The minimum Gasteiger partial charge on any atom is -0.507 e. The molecule has 2 fully saturated rings. The molecule has 13 heteroatoms. The summed E-state index contributed by atoms with van der Waals surface area (Å²) in [5.41, 5.74) is 0.442. The zero-order valence-corrected chi connectivity index (χ0v) is 20.6. The number of aryl methyl sites for hydroxylation is 1. The molecule has 1 aliphatic carbocycles. The quantitative estimate of drug-likeness (QED) is 0.186. The number of ether oxygens (including phenoxy) is 4. The molecule has 9 atom stereocenters. The van der Waals surface area contributed by atoms with Crippen LogP contribution < -0.4 is 4.74 Å². The number of aromatic hydroxyl groups is 1. The topological polar surface area (TPSA) is 213 Å². The van der Waals surface area contributed by atoms with Crippen LogP contribution in [0.5, 0.6) is 11.5 Å². The highest BCUT2D eigenvalue weighted by Gasteiger charge is 2.46. The number of aliphatic hydroxyl groups is 6. The predicted octanol–water partition coefficient (Wildman–Crippen LogP) is -1.88. The smallest absolute Gasteiger partial charge is 0.229 e. The number of hydrogen-bond donors (Lipinski definition) is 7. The molecule has 2 heterocycles. The Bertz CT molecular complexity index is 1280. The second kappa shape index (κ2) is 10.5. The van der Waals surface area contributed by atoms with Gasteiger partial charge in [0.15, 0.2) is 17.9 Å². The van der Waals surface area contributed by atoms with Gasteiger partial charge in [0.25, 0.3) is 0 Å². The van der Waals surface area contributed by atoms with Crippen LogP contribution in [0.25, 0.3) is 0 Å². The average molecular weight is 548 g/mol. The van der Waals surface area contributed by atoms with Gasteiger partial charge >= 0.3 is 0 Å². The molecule has 3 aliphatic rings. The molecule has 2 aliphatic heterocycles. The fraction of sp³-hybridized carbons (Fsp3) is 0.462. The Morgan fingerprint density at radius 2 is 1.51 bits per heavy atom. The van der Waals surface area contributed by atoms with Crippen molar-refractivity contribution in [3.05, 3.63) is 58.1 Å². The van der Waals surface area contributed by atoms with Crippen LogP contribution in [0.4, 0.5) is 0 Å². The molecule has 2 aromatic carbocycles. The number of phenols is 1. The number of ketones is 2. The maximum atomic E-state index is 13.1. The molecule has 0 amide bonds. The summed E-state index contributed by atoms with van der Waals surface area (Å²) >= 11 is 0. The van der Waals surface area contributed by atoms with E-state index in [1.807, 2.05) is 0 Å². The van der Waals surface area contributed by atoms with Crippen LogP contribution in [0.15, 0.2) is 30.3 Å². The van der Waals surface area contributed by atoms with Crippen molar-refractivity contribution in [3.8, 4) is 11.5 Å². The second-order valence-electron chi connectivity index (χ2n) is 9.74. The summed E-state index contributed by atoms with van der Waals surface area (Å²) in [7, 11) is 0. The minimum absolute atomic E-state index is 0.00296. The monoisotopic (exact) mass is 548 g/mol. The first-order chi connectivity index (χ1) is 18.5. The summed E-state index contributed by atoms with van der Waals surface area (Å²) in [5.74, 6) is -1.33. The molecule has 13 nitrogen and oxygen atoms in total. The molecule has 5 rings (SSSR count). The van der Waals surface area contributed by atoms with Gasteiger partial charge in [0, 0.05) is 16.7 Å². The number of rotatable bonds is 5. The van der Waals surface area contributed by atoms with E-state index < -0.39 is 73.5 Å². The lowest BCUT2D eigenvalue weighted by Crippen LogP contribution is -2.61. The van der Waals surface area contributed by atoms with E-state index in [2.05, 4.69) is 0 Å². The Labute approximate surface area is 221 Å². The molecule has 0 bridgehead atoms. The van der Waals surface area contributed by atoms with Gasteiger partial charge in [0.05, 0.1) is 18.8 Å². The second-order valence-corrected chi connectivity index (χ2v) is 9.74. The van der Waals surface area contributed by atoms with Gasteiger partial charge in [0.1, 0.15) is 54.2 Å². The van der Waals surface area contributed by atoms with Gasteiger partial charge in [0.2, 0.25) is 6.29 Å². The number of hydrogen-bond acceptors (Lipinski definition) is 13. The number of aliphatic hydroxyl groups excluding tert-OH is 6. The van der Waals surface area contributed by atoms with Crippen LogP contribution in [-0.2, 0) is 14.2 Å². The van der Waals surface area contributed by atoms with Crippen LogP contribution in [0, 0.1) is 6.92 Å². The van der Waals surface area contributed by atoms with Gasteiger partial charge in [-0.3, -0.25) is 9.59 Å². The van der Waals surface area contributed by atoms with Crippen molar-refractivity contribution in [2.24, 2.45) is 0 Å². The van der Waals surface area contributed by atoms with E-state index in [9.17, 15) is 45.3 Å². The summed E-state index contributed by atoms with van der Waals surface area (Å²) in [6.07, 6.45) is -13.7. The van der Waals surface area contributed by atoms with E-state index in [0.717, 1.165) is 0 Å². The third-order valence-electron chi connectivity index (χ3n) is 7.13. The molecular weight excluding hydrogens is 520 g/mol. The first-order valence-electron chi connectivity index (χ1n) is 12.2. The lowest BCUT2D eigenvalue weighted by molar-refractivity contribution is -0.307. The van der Waals surface area contributed by atoms with Crippen molar-refractivity contribution >= 4 is 11.6 Å². The normalized spacial score (nSPS) is 34.4. The summed E-state index contributed by atoms with van der Waals surface area (Å²) in [6, 6.07) is 6.92. The zero-order chi connectivity index (χ0) is 28.2. The maximum absolute atomic E-state index is 13.1. The molecule has 7 N–H and O–H groups in total.